The molecule has 1 aliphatic heterocycles. The SMILES string of the molecule is CCOc1ccc(NC(=O)C2CCC(=O)N2)cc1S(=O)(=O)N(C)C. The number of benzene rings is 1. The van der Waals surface area contributed by atoms with Crippen LogP contribution in [0.3, 0.4) is 0 Å². The second-order valence-corrected chi connectivity index (χ2v) is 7.65. The summed E-state index contributed by atoms with van der Waals surface area (Å²) >= 11 is 0. The number of ether oxygens (including phenoxy) is 1. The molecule has 1 aliphatic rings. The Labute approximate surface area is 141 Å². The predicted molar refractivity (Wildman–Crippen MR) is 88.3 cm³/mol. The number of hydrogen-bond acceptors (Lipinski definition) is 5. The number of nitrogens with one attached hydrogen (secondary N) is 2. The third kappa shape index (κ3) is 3.85. The molecule has 1 fully saturated rings. The summed E-state index contributed by atoms with van der Waals surface area (Å²) in [5, 5.41) is 5.20. The van der Waals surface area contributed by atoms with E-state index in [1.807, 2.05) is 0 Å². The van der Waals surface area contributed by atoms with Gasteiger partial charge in [0, 0.05) is 26.2 Å². The molecular weight excluding hydrogens is 334 g/mol. The first-order chi connectivity index (χ1) is 11.3. The van der Waals surface area contributed by atoms with E-state index in [0.717, 1.165) is 4.31 Å². The molecule has 1 atom stereocenters. The van der Waals surface area contributed by atoms with E-state index in [-0.39, 0.29) is 22.5 Å². The molecule has 1 saturated heterocycles. The van der Waals surface area contributed by atoms with E-state index < -0.39 is 16.1 Å². The van der Waals surface area contributed by atoms with Gasteiger partial charge in [-0.3, -0.25) is 9.59 Å². The molecule has 2 amide bonds. The Morgan fingerprint density at radius 1 is 1.42 bits per heavy atom. The quantitative estimate of drug-likeness (QED) is 0.775. The van der Waals surface area contributed by atoms with Gasteiger partial charge in [-0.15, -0.1) is 0 Å². The lowest BCUT2D eigenvalue weighted by atomic mass is 10.2. The van der Waals surface area contributed by atoms with Gasteiger partial charge in [0.15, 0.2) is 0 Å². The number of amides is 2. The molecule has 9 heteroatoms. The molecule has 24 heavy (non-hydrogen) atoms. The zero-order valence-electron chi connectivity index (χ0n) is 13.8. The first kappa shape index (κ1) is 18.2. The van der Waals surface area contributed by atoms with E-state index in [2.05, 4.69) is 10.6 Å². The summed E-state index contributed by atoms with van der Waals surface area (Å²) in [7, 11) is -0.887. The van der Waals surface area contributed by atoms with Crippen LogP contribution in [-0.2, 0) is 19.6 Å². The smallest absolute Gasteiger partial charge is 0.246 e. The van der Waals surface area contributed by atoms with Crippen LogP contribution in [0, 0.1) is 0 Å². The lowest BCUT2D eigenvalue weighted by Gasteiger charge is -2.17. The summed E-state index contributed by atoms with van der Waals surface area (Å²) in [6, 6.07) is 3.82. The number of rotatable bonds is 6. The van der Waals surface area contributed by atoms with Crippen molar-refractivity contribution in [3.63, 3.8) is 0 Å². The number of carbonyl (C=O) groups is 2. The summed E-state index contributed by atoms with van der Waals surface area (Å²) in [6.07, 6.45) is 0.728. The maximum atomic E-state index is 12.4. The molecule has 0 aromatic heterocycles. The van der Waals surface area contributed by atoms with Crippen molar-refractivity contribution in [2.24, 2.45) is 0 Å². The first-order valence-electron chi connectivity index (χ1n) is 7.55. The van der Waals surface area contributed by atoms with Gasteiger partial charge in [-0.1, -0.05) is 0 Å². The van der Waals surface area contributed by atoms with Crippen LogP contribution in [0.5, 0.6) is 5.75 Å². The summed E-state index contributed by atoms with van der Waals surface area (Å²) in [5.41, 5.74) is 0.324. The van der Waals surface area contributed by atoms with Crippen LogP contribution in [0.25, 0.3) is 0 Å². The highest BCUT2D eigenvalue weighted by atomic mass is 32.2. The largest absolute Gasteiger partial charge is 0.492 e. The van der Waals surface area contributed by atoms with E-state index in [4.69, 9.17) is 4.74 Å². The van der Waals surface area contributed by atoms with Crippen molar-refractivity contribution in [1.82, 2.24) is 9.62 Å². The van der Waals surface area contributed by atoms with Crippen LogP contribution in [0.1, 0.15) is 19.8 Å². The zero-order chi connectivity index (χ0) is 17.9. The lowest BCUT2D eigenvalue weighted by molar-refractivity contribution is -0.122. The highest BCUT2D eigenvalue weighted by Crippen LogP contribution is 2.29. The van der Waals surface area contributed by atoms with Crippen LogP contribution in [-0.4, -0.2) is 51.3 Å². The summed E-state index contributed by atoms with van der Waals surface area (Å²) in [5.74, 6) is -0.325. The summed E-state index contributed by atoms with van der Waals surface area (Å²) < 4.78 is 31.3. The van der Waals surface area contributed by atoms with Gasteiger partial charge in [0.05, 0.1) is 6.61 Å². The Bertz CT molecular complexity index is 745. The van der Waals surface area contributed by atoms with Crippen LogP contribution in [0.4, 0.5) is 5.69 Å². The molecule has 1 aromatic carbocycles. The fraction of sp³-hybridized carbons (Fsp3) is 0.467. The van der Waals surface area contributed by atoms with Crippen molar-refractivity contribution in [3.05, 3.63) is 18.2 Å². The van der Waals surface area contributed by atoms with Gasteiger partial charge in [-0.05, 0) is 31.5 Å². The molecule has 1 unspecified atom stereocenters. The third-order valence-corrected chi connectivity index (χ3v) is 5.42. The molecule has 2 rings (SSSR count). The molecule has 8 nitrogen and oxygen atoms in total. The van der Waals surface area contributed by atoms with Crippen LogP contribution in [0.15, 0.2) is 23.1 Å². The highest BCUT2D eigenvalue weighted by Gasteiger charge is 2.28. The van der Waals surface area contributed by atoms with Gasteiger partial charge in [-0.2, -0.15) is 0 Å². The molecule has 0 aliphatic carbocycles. The van der Waals surface area contributed by atoms with Gasteiger partial charge in [0.25, 0.3) is 0 Å². The minimum atomic E-state index is -3.73. The molecule has 0 spiro atoms. The Morgan fingerprint density at radius 3 is 2.67 bits per heavy atom. The average Bonchev–Trinajstić information content (AvgIpc) is 2.95. The average molecular weight is 355 g/mol. The maximum absolute atomic E-state index is 12.4. The number of carbonyl (C=O) groups excluding carboxylic acids is 2. The standard InChI is InChI=1S/C15H21N3O5S/c1-4-23-12-7-5-10(9-13(12)24(21,22)18(2)3)16-15(20)11-6-8-14(19)17-11/h5,7,9,11H,4,6,8H2,1-3H3,(H,16,20)(H,17,19). The van der Waals surface area contributed by atoms with Crippen LogP contribution < -0.4 is 15.4 Å². The van der Waals surface area contributed by atoms with Gasteiger partial charge in [0.2, 0.25) is 21.8 Å². The number of anilines is 1. The van der Waals surface area contributed by atoms with Crippen molar-refractivity contribution in [2.75, 3.05) is 26.0 Å². The summed E-state index contributed by atoms with van der Waals surface area (Å²) in [4.78, 5) is 23.3. The summed E-state index contributed by atoms with van der Waals surface area (Å²) in [6.45, 7) is 2.07. The van der Waals surface area contributed by atoms with Gasteiger partial charge < -0.3 is 15.4 Å². The molecule has 0 bridgehead atoms. The van der Waals surface area contributed by atoms with Crippen LogP contribution >= 0.6 is 0 Å². The van der Waals surface area contributed by atoms with Crippen molar-refractivity contribution < 1.29 is 22.7 Å². The van der Waals surface area contributed by atoms with Gasteiger partial charge >= 0.3 is 0 Å². The zero-order valence-corrected chi connectivity index (χ0v) is 14.6. The minimum Gasteiger partial charge on any atom is -0.492 e. The Kier molecular flexibility index (Phi) is 5.45. The number of nitrogens with zero attached hydrogens (tertiary/aromatic N) is 1. The molecule has 0 saturated carbocycles. The molecule has 1 heterocycles. The molecular formula is C15H21N3O5S. The van der Waals surface area contributed by atoms with E-state index in [1.54, 1.807) is 13.0 Å². The monoisotopic (exact) mass is 355 g/mol. The Balaban J connectivity index is 2.29. The molecule has 132 valence electrons. The topological polar surface area (TPSA) is 105 Å². The van der Waals surface area contributed by atoms with E-state index in [0.29, 0.717) is 25.1 Å². The van der Waals surface area contributed by atoms with Crippen molar-refractivity contribution >= 4 is 27.5 Å². The molecule has 0 radical (unpaired) electrons. The predicted octanol–water partition coefficient (Wildman–Crippen LogP) is 0.553. The second-order valence-electron chi connectivity index (χ2n) is 5.53. The molecule has 2 N–H and O–H groups in total. The Morgan fingerprint density at radius 2 is 2.12 bits per heavy atom. The Hall–Kier alpha value is -2.13. The first-order valence-corrected chi connectivity index (χ1v) is 8.99. The van der Waals surface area contributed by atoms with E-state index >= 15 is 0 Å². The van der Waals surface area contributed by atoms with E-state index in [1.165, 1.54) is 26.2 Å². The van der Waals surface area contributed by atoms with Crippen molar-refractivity contribution in [1.29, 1.82) is 0 Å². The molecule has 1 aromatic rings. The van der Waals surface area contributed by atoms with Crippen molar-refractivity contribution in [2.45, 2.75) is 30.7 Å². The number of sulfonamides is 1. The third-order valence-electron chi connectivity index (χ3n) is 3.58. The lowest BCUT2D eigenvalue weighted by Crippen LogP contribution is -2.37. The van der Waals surface area contributed by atoms with Gasteiger partial charge in [-0.25, -0.2) is 12.7 Å². The fourth-order valence-electron chi connectivity index (χ4n) is 2.30. The van der Waals surface area contributed by atoms with Crippen molar-refractivity contribution in [3.8, 4) is 5.75 Å². The minimum absolute atomic E-state index is 0.0254. The highest BCUT2D eigenvalue weighted by molar-refractivity contribution is 7.89. The normalized spacial score (nSPS) is 17.7. The fourth-order valence-corrected chi connectivity index (χ4v) is 3.35. The number of hydrogen-bond donors (Lipinski definition) is 2. The van der Waals surface area contributed by atoms with Crippen LogP contribution in [0.2, 0.25) is 0 Å². The van der Waals surface area contributed by atoms with Gasteiger partial charge in [0.1, 0.15) is 16.7 Å². The second kappa shape index (κ2) is 7.18. The van der Waals surface area contributed by atoms with E-state index in [9.17, 15) is 18.0 Å². The maximum Gasteiger partial charge on any atom is 0.246 e.